The summed E-state index contributed by atoms with van der Waals surface area (Å²) in [5.74, 6) is 0.934. The quantitative estimate of drug-likeness (QED) is 0.0222. The largest absolute Gasteiger partial charge is 0.472 e. The maximum absolute atomic E-state index is 13.1. The minimum absolute atomic E-state index is 0.103. The van der Waals surface area contributed by atoms with E-state index in [2.05, 4.69) is 55.4 Å². The molecule has 0 aliphatic rings. The van der Waals surface area contributed by atoms with Crippen LogP contribution in [0, 0.1) is 23.7 Å². The highest BCUT2D eigenvalue weighted by molar-refractivity contribution is 7.47. The summed E-state index contributed by atoms with van der Waals surface area (Å²) in [5.41, 5.74) is 0. The number of phosphoric acid groups is 2. The Morgan fingerprint density at radius 2 is 0.495 bits per heavy atom. The van der Waals surface area contributed by atoms with Crippen LogP contribution in [0.4, 0.5) is 0 Å². The second-order valence-electron chi connectivity index (χ2n) is 29.8. The number of esters is 4. The predicted molar refractivity (Wildman–Crippen MR) is 395 cm³/mol. The monoisotopic (exact) mass is 1420 g/mol. The molecule has 17 nitrogen and oxygen atoms in total. The lowest BCUT2D eigenvalue weighted by atomic mass is 9.99. The molecule has 0 amide bonds. The number of carbonyl (C=O) groups excluding carboxylic acids is 4. The van der Waals surface area contributed by atoms with E-state index in [1.54, 1.807) is 0 Å². The van der Waals surface area contributed by atoms with Crippen molar-refractivity contribution >= 4 is 39.5 Å². The average molecular weight is 1420 g/mol. The van der Waals surface area contributed by atoms with Gasteiger partial charge in [0, 0.05) is 25.7 Å². The Hall–Kier alpha value is -1.94. The second kappa shape index (κ2) is 67.2. The van der Waals surface area contributed by atoms with Gasteiger partial charge in [-0.15, -0.1) is 0 Å². The van der Waals surface area contributed by atoms with Crippen molar-refractivity contribution in [3.63, 3.8) is 0 Å². The Morgan fingerprint density at radius 3 is 0.732 bits per heavy atom. The summed E-state index contributed by atoms with van der Waals surface area (Å²) >= 11 is 0. The van der Waals surface area contributed by atoms with Crippen LogP contribution in [0.5, 0.6) is 0 Å². The lowest BCUT2D eigenvalue weighted by molar-refractivity contribution is -0.161. The zero-order valence-corrected chi connectivity index (χ0v) is 65.5. The van der Waals surface area contributed by atoms with Crippen molar-refractivity contribution in [2.24, 2.45) is 23.7 Å². The molecule has 0 aromatic carbocycles. The Balaban J connectivity index is 5.21. The van der Waals surface area contributed by atoms with Crippen molar-refractivity contribution in [2.45, 2.75) is 414 Å². The normalized spacial score (nSPS) is 14.4. The standard InChI is InChI=1S/C78H152O17P2/c1-9-71(8)57-49-41-32-25-21-17-14-15-19-23-27-34-44-52-60-77(82)94-73(64-88-75(80)58-50-42-33-26-22-18-13-11-10-12-16-20-24-30-38-46-54-68(2)3)66-92-96(84,85)90-62-72(79)63-91-97(86,87)93-67-74(65-89-76(81)59-51-43-37-36-40-48-56-70(6)7)95-78(83)61-53-45-35-29-28-31-39-47-55-69(4)5/h68-74,79H,9-67H2,1-8H3,(H,84,85)(H,86,87)/t71?,72-,73-,74-/m1/s1. The van der Waals surface area contributed by atoms with Gasteiger partial charge in [0.2, 0.25) is 0 Å². The minimum atomic E-state index is -4.96. The van der Waals surface area contributed by atoms with Gasteiger partial charge in [0.05, 0.1) is 26.4 Å². The average Bonchev–Trinajstić information content (AvgIpc) is 1.33. The van der Waals surface area contributed by atoms with Crippen LogP contribution in [-0.2, 0) is 65.4 Å². The van der Waals surface area contributed by atoms with Gasteiger partial charge in [-0.3, -0.25) is 37.3 Å². The molecule has 0 fully saturated rings. The zero-order valence-electron chi connectivity index (χ0n) is 63.7. The van der Waals surface area contributed by atoms with E-state index in [1.165, 1.54) is 193 Å². The van der Waals surface area contributed by atoms with Crippen molar-refractivity contribution in [3.05, 3.63) is 0 Å². The lowest BCUT2D eigenvalue weighted by Gasteiger charge is -2.21. The first-order valence-corrected chi connectivity index (χ1v) is 43.2. The third-order valence-electron chi connectivity index (χ3n) is 18.4. The summed E-state index contributed by atoms with van der Waals surface area (Å²) in [4.78, 5) is 72.8. The molecule has 19 heteroatoms. The first-order valence-electron chi connectivity index (χ1n) is 40.2. The van der Waals surface area contributed by atoms with Crippen LogP contribution in [0.2, 0.25) is 0 Å². The highest BCUT2D eigenvalue weighted by atomic mass is 31.2. The van der Waals surface area contributed by atoms with Crippen molar-refractivity contribution in [2.75, 3.05) is 39.6 Å². The second-order valence-corrected chi connectivity index (χ2v) is 32.7. The van der Waals surface area contributed by atoms with Gasteiger partial charge in [-0.2, -0.15) is 0 Å². The molecule has 0 rings (SSSR count). The zero-order chi connectivity index (χ0) is 71.7. The van der Waals surface area contributed by atoms with E-state index in [0.717, 1.165) is 114 Å². The van der Waals surface area contributed by atoms with Crippen LogP contribution in [0.25, 0.3) is 0 Å². The molecule has 97 heavy (non-hydrogen) atoms. The van der Waals surface area contributed by atoms with Gasteiger partial charge in [0.25, 0.3) is 0 Å². The summed E-state index contributed by atoms with van der Waals surface area (Å²) in [5, 5.41) is 10.6. The van der Waals surface area contributed by atoms with Crippen molar-refractivity contribution in [1.82, 2.24) is 0 Å². The van der Waals surface area contributed by atoms with Crippen LogP contribution in [0.1, 0.15) is 396 Å². The molecule has 576 valence electrons. The van der Waals surface area contributed by atoms with Crippen LogP contribution in [-0.4, -0.2) is 96.7 Å². The predicted octanol–water partition coefficient (Wildman–Crippen LogP) is 22.8. The first-order chi connectivity index (χ1) is 46.6. The van der Waals surface area contributed by atoms with Gasteiger partial charge < -0.3 is 33.8 Å². The van der Waals surface area contributed by atoms with Gasteiger partial charge in [-0.1, -0.05) is 344 Å². The summed E-state index contributed by atoms with van der Waals surface area (Å²) in [6.45, 7) is 14.2. The highest BCUT2D eigenvalue weighted by Gasteiger charge is 2.30. The molecule has 0 aliphatic carbocycles. The van der Waals surface area contributed by atoms with Crippen molar-refractivity contribution in [1.29, 1.82) is 0 Å². The topological polar surface area (TPSA) is 237 Å². The van der Waals surface area contributed by atoms with Gasteiger partial charge in [-0.05, 0) is 49.4 Å². The first kappa shape index (κ1) is 95.1. The number of rotatable bonds is 75. The molecule has 0 saturated carbocycles. The fraction of sp³-hybridized carbons (Fsp3) is 0.949. The summed E-state index contributed by atoms with van der Waals surface area (Å²) in [7, 11) is -9.91. The smallest absolute Gasteiger partial charge is 0.462 e. The SMILES string of the molecule is CCC(C)CCCCCCCCCCCCCCCCC(=O)O[C@H](COC(=O)CCCCCCCCCCCCCCCCCCC(C)C)COP(=O)(O)OC[C@@H](O)COP(=O)(O)OC[C@@H](COC(=O)CCCCCCCCC(C)C)OC(=O)CCCCCCCCCCC(C)C. The van der Waals surface area contributed by atoms with Crippen LogP contribution < -0.4 is 0 Å². The molecule has 0 bridgehead atoms. The van der Waals surface area contributed by atoms with Gasteiger partial charge in [0.1, 0.15) is 19.3 Å². The number of carbonyl (C=O) groups is 4. The Morgan fingerprint density at radius 1 is 0.289 bits per heavy atom. The van der Waals surface area contributed by atoms with Crippen LogP contribution in [0.3, 0.4) is 0 Å². The molecular weight excluding hydrogens is 1270 g/mol. The lowest BCUT2D eigenvalue weighted by Crippen LogP contribution is -2.30. The molecule has 0 heterocycles. The molecule has 6 atom stereocenters. The Kier molecular flexibility index (Phi) is 65.9. The molecule has 3 N–H and O–H groups in total. The van der Waals surface area contributed by atoms with Crippen LogP contribution in [0.15, 0.2) is 0 Å². The van der Waals surface area contributed by atoms with E-state index in [9.17, 15) is 43.2 Å². The molecule has 0 aliphatic heterocycles. The number of hydrogen-bond donors (Lipinski definition) is 3. The molecule has 3 unspecified atom stereocenters. The third-order valence-corrected chi connectivity index (χ3v) is 20.3. The van der Waals surface area contributed by atoms with E-state index in [-0.39, 0.29) is 25.7 Å². The van der Waals surface area contributed by atoms with E-state index < -0.39 is 97.5 Å². The number of aliphatic hydroxyl groups is 1. The van der Waals surface area contributed by atoms with E-state index in [4.69, 9.17) is 37.0 Å². The number of aliphatic hydroxyl groups excluding tert-OH is 1. The van der Waals surface area contributed by atoms with E-state index in [0.29, 0.717) is 31.6 Å². The maximum atomic E-state index is 13.1. The number of hydrogen-bond acceptors (Lipinski definition) is 15. The highest BCUT2D eigenvalue weighted by Crippen LogP contribution is 2.45. The maximum Gasteiger partial charge on any atom is 0.472 e. The van der Waals surface area contributed by atoms with Crippen molar-refractivity contribution < 1.29 is 80.2 Å². The number of unbranched alkanes of at least 4 members (excludes halogenated alkanes) is 40. The molecule has 0 saturated heterocycles. The summed E-state index contributed by atoms with van der Waals surface area (Å²) in [6, 6.07) is 0. The van der Waals surface area contributed by atoms with Gasteiger partial charge in [-0.25, -0.2) is 9.13 Å². The Bertz CT molecular complexity index is 1900. The fourth-order valence-corrected chi connectivity index (χ4v) is 13.5. The number of ether oxygens (including phenoxy) is 4. The molecule has 0 spiro atoms. The third kappa shape index (κ3) is 70.9. The van der Waals surface area contributed by atoms with Gasteiger partial charge in [0.15, 0.2) is 12.2 Å². The minimum Gasteiger partial charge on any atom is -0.462 e. The molecule has 0 aromatic rings. The molecular formula is C78H152O17P2. The molecule has 0 radical (unpaired) electrons. The van der Waals surface area contributed by atoms with Gasteiger partial charge >= 0.3 is 39.5 Å². The van der Waals surface area contributed by atoms with Crippen molar-refractivity contribution in [3.8, 4) is 0 Å². The van der Waals surface area contributed by atoms with E-state index >= 15 is 0 Å². The van der Waals surface area contributed by atoms with Crippen LogP contribution >= 0.6 is 15.6 Å². The Labute approximate surface area is 594 Å². The summed E-state index contributed by atoms with van der Waals surface area (Å²) < 4.78 is 68.5. The number of phosphoric ester groups is 2. The fourth-order valence-electron chi connectivity index (χ4n) is 11.9. The van der Waals surface area contributed by atoms with E-state index in [1.807, 2.05) is 0 Å². The summed E-state index contributed by atoms with van der Waals surface area (Å²) in [6.07, 6.45) is 53.0. The molecule has 0 aromatic heterocycles.